The predicted molar refractivity (Wildman–Crippen MR) is 148 cm³/mol. The van der Waals surface area contributed by atoms with Crippen LogP contribution in [0.2, 0.25) is 5.02 Å². The van der Waals surface area contributed by atoms with Crippen molar-refractivity contribution in [1.82, 2.24) is 20.2 Å². The number of anilines is 4. The number of carbonyl (C=O) groups excluding carboxylic acids is 1. The topological polar surface area (TPSA) is 100 Å². The first kappa shape index (κ1) is 26.7. The Morgan fingerprint density at radius 2 is 1.92 bits per heavy atom. The van der Waals surface area contributed by atoms with Crippen molar-refractivity contribution in [3.05, 3.63) is 47.1 Å². The number of nitriles is 1. The van der Waals surface area contributed by atoms with Crippen LogP contribution in [0.3, 0.4) is 0 Å². The summed E-state index contributed by atoms with van der Waals surface area (Å²) >= 11 is 6.45. The summed E-state index contributed by atoms with van der Waals surface area (Å²) in [5, 5.41) is 16.1. The Kier molecular flexibility index (Phi) is 8.85. The number of hydrogen-bond donors (Lipinski definition) is 2. The summed E-state index contributed by atoms with van der Waals surface area (Å²) < 4.78 is 0. The van der Waals surface area contributed by atoms with E-state index < -0.39 is 0 Å². The maximum atomic E-state index is 12.6. The second-order valence-corrected chi connectivity index (χ2v) is 10.5. The summed E-state index contributed by atoms with van der Waals surface area (Å²) in [6.45, 7) is 9.54. The normalized spacial score (nSPS) is 18.7. The molecule has 0 spiro atoms. The van der Waals surface area contributed by atoms with E-state index in [9.17, 15) is 10.1 Å². The van der Waals surface area contributed by atoms with Gasteiger partial charge in [0.2, 0.25) is 5.95 Å². The van der Waals surface area contributed by atoms with Crippen LogP contribution in [0.4, 0.5) is 23.1 Å². The third-order valence-corrected chi connectivity index (χ3v) is 6.97. The van der Waals surface area contributed by atoms with Crippen molar-refractivity contribution in [3.8, 4) is 6.07 Å². The molecule has 0 unspecified atom stereocenters. The van der Waals surface area contributed by atoms with E-state index in [1.54, 1.807) is 12.3 Å². The van der Waals surface area contributed by atoms with Gasteiger partial charge in [-0.1, -0.05) is 31.5 Å². The van der Waals surface area contributed by atoms with Crippen LogP contribution in [-0.2, 0) is 4.79 Å². The predicted octanol–water partition coefficient (Wildman–Crippen LogP) is 3.82. The monoisotopic (exact) mass is 522 g/mol. The Balaban J connectivity index is 1.36. The summed E-state index contributed by atoms with van der Waals surface area (Å²) in [5.74, 6) is 1.14. The number of piperazine rings is 1. The van der Waals surface area contributed by atoms with Gasteiger partial charge in [0.15, 0.2) is 5.82 Å². The molecule has 4 rings (SSSR count). The highest BCUT2D eigenvalue weighted by atomic mass is 35.5. The molecule has 196 valence electrons. The summed E-state index contributed by atoms with van der Waals surface area (Å²) in [5.41, 5.74) is 2.27. The second-order valence-electron chi connectivity index (χ2n) is 10.1. The Morgan fingerprint density at radius 3 is 2.59 bits per heavy atom. The standard InChI is InChI=1S/C27H35ClN8O/c1-19(2)4-5-20(16-29)26(37)31-22-10-11-36(18-22)25-24(28)17-30-27(33-25)32-21-6-8-23(9-7-21)35-14-12-34(3)13-15-35/h5-9,17,19,22H,4,10-15,18H2,1-3H3,(H,31,37)(H,30,32,33)/b20-5+/t22-/m1/s1. The fourth-order valence-corrected chi connectivity index (χ4v) is 4.68. The zero-order chi connectivity index (χ0) is 26.4. The molecule has 2 aliphatic rings. The van der Waals surface area contributed by atoms with Gasteiger partial charge in [-0.25, -0.2) is 4.98 Å². The third kappa shape index (κ3) is 7.12. The van der Waals surface area contributed by atoms with Crippen LogP contribution >= 0.6 is 11.6 Å². The Labute approximate surface area is 224 Å². The van der Waals surface area contributed by atoms with Crippen molar-refractivity contribution in [2.75, 3.05) is 61.4 Å². The van der Waals surface area contributed by atoms with Crippen LogP contribution in [0, 0.1) is 17.2 Å². The van der Waals surface area contributed by atoms with Gasteiger partial charge in [0.05, 0.1) is 6.20 Å². The maximum absolute atomic E-state index is 12.6. The number of hydrogen-bond acceptors (Lipinski definition) is 8. The molecule has 9 nitrogen and oxygen atoms in total. The fraction of sp³-hybridized carbons (Fsp3) is 0.481. The van der Waals surface area contributed by atoms with Crippen LogP contribution in [-0.4, -0.2) is 73.1 Å². The van der Waals surface area contributed by atoms with E-state index in [2.05, 4.69) is 63.4 Å². The van der Waals surface area contributed by atoms with Crippen molar-refractivity contribution in [3.63, 3.8) is 0 Å². The number of allylic oxidation sites excluding steroid dienone is 1. The highest BCUT2D eigenvalue weighted by Gasteiger charge is 2.27. The number of rotatable bonds is 8. The molecule has 0 aliphatic carbocycles. The molecule has 2 aliphatic heterocycles. The average molecular weight is 523 g/mol. The van der Waals surface area contributed by atoms with E-state index in [-0.39, 0.29) is 17.5 Å². The molecule has 3 heterocycles. The van der Waals surface area contributed by atoms with Crippen LogP contribution < -0.4 is 20.4 Å². The van der Waals surface area contributed by atoms with Crippen LogP contribution in [0.1, 0.15) is 26.7 Å². The number of halogens is 1. The lowest BCUT2D eigenvalue weighted by molar-refractivity contribution is -0.117. The minimum absolute atomic E-state index is 0.0899. The van der Waals surface area contributed by atoms with Crippen molar-refractivity contribution < 1.29 is 4.79 Å². The molecule has 0 saturated carbocycles. The first-order chi connectivity index (χ1) is 17.8. The Bertz CT molecular complexity index is 1150. The van der Waals surface area contributed by atoms with Crippen molar-refractivity contribution >= 4 is 40.6 Å². The molecule has 1 atom stereocenters. The zero-order valence-electron chi connectivity index (χ0n) is 21.7. The van der Waals surface area contributed by atoms with E-state index in [0.717, 1.165) is 38.3 Å². The molecule has 0 bridgehead atoms. The quantitative estimate of drug-likeness (QED) is 0.398. The van der Waals surface area contributed by atoms with Gasteiger partial charge < -0.3 is 25.3 Å². The number of nitrogens with one attached hydrogen (secondary N) is 2. The van der Waals surface area contributed by atoms with Gasteiger partial charge >= 0.3 is 0 Å². The Morgan fingerprint density at radius 1 is 1.19 bits per heavy atom. The molecule has 2 saturated heterocycles. The molecule has 10 heteroatoms. The molecule has 37 heavy (non-hydrogen) atoms. The summed E-state index contributed by atoms with van der Waals surface area (Å²) in [6.07, 6.45) is 4.74. The molecular weight excluding hydrogens is 488 g/mol. The fourth-order valence-electron chi connectivity index (χ4n) is 4.47. The van der Waals surface area contributed by atoms with Crippen molar-refractivity contribution in [2.45, 2.75) is 32.7 Å². The van der Waals surface area contributed by atoms with Gasteiger partial charge in [-0.3, -0.25) is 4.79 Å². The SMILES string of the molecule is CC(C)C/C=C(\C#N)C(=O)N[C@@H]1CCN(c2nc(Nc3ccc(N4CCN(C)CC4)cc3)ncc2Cl)C1. The number of benzene rings is 1. The molecular formula is C27H35ClN8O. The van der Waals surface area contributed by atoms with Crippen molar-refractivity contribution in [1.29, 1.82) is 5.26 Å². The van der Waals surface area contributed by atoms with E-state index in [0.29, 0.717) is 42.2 Å². The largest absolute Gasteiger partial charge is 0.369 e. The number of likely N-dealkylation sites (N-methyl/N-ethyl adjacent to an activating group) is 1. The molecule has 0 radical (unpaired) electrons. The van der Waals surface area contributed by atoms with Crippen LogP contribution in [0.25, 0.3) is 0 Å². The lowest BCUT2D eigenvalue weighted by atomic mass is 10.1. The summed E-state index contributed by atoms with van der Waals surface area (Å²) in [7, 11) is 2.15. The Hall–Kier alpha value is -3.35. The number of aromatic nitrogens is 2. The molecule has 2 aromatic rings. The van der Waals surface area contributed by atoms with E-state index >= 15 is 0 Å². The van der Waals surface area contributed by atoms with Gasteiger partial charge in [0.1, 0.15) is 16.7 Å². The highest BCUT2D eigenvalue weighted by Crippen LogP contribution is 2.28. The van der Waals surface area contributed by atoms with Gasteiger partial charge in [-0.15, -0.1) is 0 Å². The van der Waals surface area contributed by atoms with E-state index in [1.165, 1.54) is 5.69 Å². The van der Waals surface area contributed by atoms with Gasteiger partial charge in [0, 0.05) is 56.7 Å². The summed E-state index contributed by atoms with van der Waals surface area (Å²) in [4.78, 5) is 28.4. The molecule has 2 N–H and O–H groups in total. The number of amides is 1. The lowest BCUT2D eigenvalue weighted by Gasteiger charge is -2.34. The first-order valence-electron chi connectivity index (χ1n) is 12.8. The zero-order valence-corrected chi connectivity index (χ0v) is 22.5. The van der Waals surface area contributed by atoms with Crippen LogP contribution in [0.5, 0.6) is 0 Å². The van der Waals surface area contributed by atoms with Gasteiger partial charge in [-0.2, -0.15) is 10.2 Å². The minimum atomic E-state index is -0.328. The highest BCUT2D eigenvalue weighted by molar-refractivity contribution is 6.32. The molecule has 2 fully saturated rings. The maximum Gasteiger partial charge on any atom is 0.261 e. The molecule has 1 aromatic carbocycles. The van der Waals surface area contributed by atoms with Crippen molar-refractivity contribution in [2.24, 2.45) is 5.92 Å². The number of carbonyl (C=O) groups is 1. The molecule has 1 amide bonds. The number of nitrogens with zero attached hydrogens (tertiary/aromatic N) is 6. The second kappa shape index (κ2) is 12.3. The van der Waals surface area contributed by atoms with Gasteiger partial charge in [-0.05, 0) is 50.1 Å². The minimum Gasteiger partial charge on any atom is -0.369 e. The van der Waals surface area contributed by atoms with E-state index in [1.807, 2.05) is 23.1 Å². The van der Waals surface area contributed by atoms with Gasteiger partial charge in [0.25, 0.3) is 5.91 Å². The lowest BCUT2D eigenvalue weighted by Crippen LogP contribution is -2.44. The summed E-state index contributed by atoms with van der Waals surface area (Å²) in [6, 6.07) is 10.2. The third-order valence-electron chi connectivity index (χ3n) is 6.70. The average Bonchev–Trinajstić information content (AvgIpc) is 3.34. The molecule has 1 aromatic heterocycles. The van der Waals surface area contributed by atoms with E-state index in [4.69, 9.17) is 11.6 Å². The first-order valence-corrected chi connectivity index (χ1v) is 13.2. The van der Waals surface area contributed by atoms with Crippen LogP contribution in [0.15, 0.2) is 42.1 Å². The smallest absolute Gasteiger partial charge is 0.261 e.